The molecule has 0 saturated carbocycles. The Morgan fingerprint density at radius 3 is 2.54 bits per heavy atom. The van der Waals surface area contributed by atoms with Crippen LogP contribution < -0.4 is 11.1 Å². The molecule has 138 valence electrons. The van der Waals surface area contributed by atoms with Crippen LogP contribution in [-0.4, -0.2) is 12.6 Å². The number of ether oxygens (including phenoxy) is 1. The minimum atomic E-state index is -4.37. The van der Waals surface area contributed by atoms with Crippen molar-refractivity contribution in [2.75, 3.05) is 11.9 Å². The molecule has 2 aliphatic rings. The molecule has 2 aromatic carbocycles. The van der Waals surface area contributed by atoms with Gasteiger partial charge in [0.2, 0.25) is 0 Å². The number of nitrogens with one attached hydrogen (secondary N) is 1. The Morgan fingerprint density at radius 2 is 1.85 bits per heavy atom. The van der Waals surface area contributed by atoms with Gasteiger partial charge >= 0.3 is 6.18 Å². The summed E-state index contributed by atoms with van der Waals surface area (Å²) in [6.07, 6.45) is -3.21. The molecule has 1 unspecified atom stereocenters. The first-order chi connectivity index (χ1) is 12.5. The van der Waals surface area contributed by atoms with E-state index < -0.39 is 11.7 Å². The lowest BCUT2D eigenvalue weighted by Crippen LogP contribution is -2.41. The van der Waals surface area contributed by atoms with E-state index in [0.717, 1.165) is 24.5 Å². The van der Waals surface area contributed by atoms with Crippen molar-refractivity contribution in [1.82, 2.24) is 0 Å². The van der Waals surface area contributed by atoms with Crippen LogP contribution in [0, 0.1) is 5.92 Å². The topological polar surface area (TPSA) is 47.3 Å². The minimum absolute atomic E-state index is 0.00385. The molecule has 1 fully saturated rings. The predicted octanol–water partition coefficient (Wildman–Crippen LogP) is 4.67. The van der Waals surface area contributed by atoms with E-state index in [2.05, 4.69) is 5.32 Å². The number of hydrogen-bond acceptors (Lipinski definition) is 3. The fraction of sp³-hybridized carbons (Fsp3) is 0.400. The zero-order valence-corrected chi connectivity index (χ0v) is 14.2. The Hall–Kier alpha value is -2.05. The van der Waals surface area contributed by atoms with Gasteiger partial charge in [-0.25, -0.2) is 0 Å². The number of alkyl halides is 3. The molecule has 2 heterocycles. The summed E-state index contributed by atoms with van der Waals surface area (Å²) in [5, 5.41) is 3.45. The largest absolute Gasteiger partial charge is 0.416 e. The molecule has 0 aromatic heterocycles. The van der Waals surface area contributed by atoms with Crippen LogP contribution in [0.4, 0.5) is 18.9 Å². The van der Waals surface area contributed by atoms with Gasteiger partial charge in [-0.3, -0.25) is 0 Å². The third-order valence-corrected chi connectivity index (χ3v) is 5.40. The van der Waals surface area contributed by atoms with Gasteiger partial charge in [-0.15, -0.1) is 0 Å². The molecule has 3 nitrogen and oxygen atoms in total. The number of fused-ring (bicyclic) bond motifs is 3. The van der Waals surface area contributed by atoms with Gasteiger partial charge in [-0.05, 0) is 36.6 Å². The SMILES string of the molecule is NCC1CC[C@@H]2[C@H](O1)c1cc(C(F)(F)F)ccc1N[C@H]2c1ccccc1. The number of halogens is 3. The molecule has 2 aliphatic heterocycles. The Kier molecular flexibility index (Phi) is 4.40. The maximum absolute atomic E-state index is 13.2. The van der Waals surface area contributed by atoms with E-state index in [4.69, 9.17) is 10.5 Å². The van der Waals surface area contributed by atoms with E-state index in [1.807, 2.05) is 30.3 Å². The molecule has 4 atom stereocenters. The van der Waals surface area contributed by atoms with Crippen molar-refractivity contribution < 1.29 is 17.9 Å². The third-order valence-electron chi connectivity index (χ3n) is 5.40. The molecule has 0 radical (unpaired) electrons. The Bertz CT molecular complexity index is 778. The lowest BCUT2D eigenvalue weighted by Gasteiger charge is -2.45. The Morgan fingerprint density at radius 1 is 1.08 bits per heavy atom. The second-order valence-electron chi connectivity index (χ2n) is 6.99. The van der Waals surface area contributed by atoms with Crippen LogP contribution in [0.1, 0.15) is 41.7 Å². The van der Waals surface area contributed by atoms with Crippen LogP contribution in [-0.2, 0) is 10.9 Å². The Balaban J connectivity index is 1.77. The number of nitrogens with two attached hydrogens (primary N) is 1. The molecule has 2 aromatic rings. The van der Waals surface area contributed by atoms with Crippen LogP contribution in [0.2, 0.25) is 0 Å². The van der Waals surface area contributed by atoms with Crippen molar-refractivity contribution in [3.8, 4) is 0 Å². The summed E-state index contributed by atoms with van der Waals surface area (Å²) in [6.45, 7) is 0.376. The predicted molar refractivity (Wildman–Crippen MR) is 93.6 cm³/mol. The summed E-state index contributed by atoms with van der Waals surface area (Å²) in [4.78, 5) is 0. The molecular weight excluding hydrogens is 341 g/mol. The lowest BCUT2D eigenvalue weighted by atomic mass is 9.76. The molecule has 4 rings (SSSR count). The maximum Gasteiger partial charge on any atom is 0.416 e. The summed E-state index contributed by atoms with van der Waals surface area (Å²) in [6, 6.07) is 13.8. The molecule has 0 bridgehead atoms. The van der Waals surface area contributed by atoms with Gasteiger partial charge in [0.05, 0.1) is 23.8 Å². The van der Waals surface area contributed by atoms with E-state index in [1.165, 1.54) is 12.1 Å². The van der Waals surface area contributed by atoms with Crippen molar-refractivity contribution in [2.24, 2.45) is 11.7 Å². The Labute approximate surface area is 150 Å². The standard InChI is InChI=1S/C20H21F3N2O/c21-20(22,23)13-6-9-17-16(10-13)19-15(8-7-14(11-24)26-19)18(25-17)12-4-2-1-3-5-12/h1-6,9-10,14-15,18-19,25H,7-8,11,24H2/t14?,15-,18-,19-/m0/s1. The van der Waals surface area contributed by atoms with Crippen molar-refractivity contribution in [1.29, 1.82) is 0 Å². The van der Waals surface area contributed by atoms with E-state index in [1.54, 1.807) is 0 Å². The van der Waals surface area contributed by atoms with Crippen molar-refractivity contribution in [3.63, 3.8) is 0 Å². The highest BCUT2D eigenvalue weighted by Crippen LogP contribution is 2.51. The molecule has 3 N–H and O–H groups in total. The van der Waals surface area contributed by atoms with Crippen LogP contribution in [0.15, 0.2) is 48.5 Å². The van der Waals surface area contributed by atoms with Gasteiger partial charge in [-0.2, -0.15) is 13.2 Å². The van der Waals surface area contributed by atoms with Crippen molar-refractivity contribution in [2.45, 2.75) is 37.3 Å². The van der Waals surface area contributed by atoms with E-state index in [9.17, 15) is 13.2 Å². The number of anilines is 1. The highest BCUT2D eigenvalue weighted by Gasteiger charge is 2.43. The summed E-state index contributed by atoms with van der Waals surface area (Å²) in [7, 11) is 0. The number of rotatable bonds is 2. The molecule has 0 amide bonds. The first kappa shape index (κ1) is 17.4. The quantitative estimate of drug-likeness (QED) is 0.816. The highest BCUT2D eigenvalue weighted by atomic mass is 19.4. The van der Waals surface area contributed by atoms with Crippen LogP contribution in [0.3, 0.4) is 0 Å². The zero-order chi connectivity index (χ0) is 18.3. The molecular formula is C20H21F3N2O. The first-order valence-corrected chi connectivity index (χ1v) is 8.85. The second-order valence-corrected chi connectivity index (χ2v) is 6.99. The average molecular weight is 362 g/mol. The molecule has 1 saturated heterocycles. The smallest absolute Gasteiger partial charge is 0.378 e. The minimum Gasteiger partial charge on any atom is -0.378 e. The second kappa shape index (κ2) is 6.59. The lowest BCUT2D eigenvalue weighted by molar-refractivity contribution is -0.138. The highest BCUT2D eigenvalue weighted by molar-refractivity contribution is 5.58. The molecule has 0 spiro atoms. The normalized spacial score (nSPS) is 28.0. The van der Waals surface area contributed by atoms with Crippen LogP contribution in [0.25, 0.3) is 0 Å². The third kappa shape index (κ3) is 3.08. The van der Waals surface area contributed by atoms with Crippen molar-refractivity contribution >= 4 is 5.69 Å². The fourth-order valence-electron chi connectivity index (χ4n) is 4.10. The average Bonchev–Trinajstić information content (AvgIpc) is 2.66. The van der Waals surface area contributed by atoms with Gasteiger partial charge < -0.3 is 15.8 Å². The van der Waals surface area contributed by atoms with E-state index in [-0.39, 0.29) is 24.2 Å². The van der Waals surface area contributed by atoms with E-state index in [0.29, 0.717) is 17.8 Å². The summed E-state index contributed by atoms with van der Waals surface area (Å²) in [5.41, 5.74) is 7.52. The van der Waals surface area contributed by atoms with Gasteiger partial charge in [0.1, 0.15) is 0 Å². The zero-order valence-electron chi connectivity index (χ0n) is 14.2. The number of benzene rings is 2. The van der Waals surface area contributed by atoms with Crippen LogP contribution >= 0.6 is 0 Å². The first-order valence-electron chi connectivity index (χ1n) is 8.85. The molecule has 0 aliphatic carbocycles. The number of hydrogen-bond donors (Lipinski definition) is 2. The summed E-state index contributed by atoms with van der Waals surface area (Å²) >= 11 is 0. The molecule has 6 heteroatoms. The van der Waals surface area contributed by atoms with Gasteiger partial charge in [0, 0.05) is 23.7 Å². The van der Waals surface area contributed by atoms with Crippen LogP contribution in [0.5, 0.6) is 0 Å². The maximum atomic E-state index is 13.2. The monoisotopic (exact) mass is 362 g/mol. The van der Waals surface area contributed by atoms with Crippen molar-refractivity contribution in [3.05, 3.63) is 65.2 Å². The fourth-order valence-corrected chi connectivity index (χ4v) is 4.10. The summed E-state index contributed by atoms with van der Waals surface area (Å²) in [5.74, 6) is 0.0659. The molecule has 26 heavy (non-hydrogen) atoms. The summed E-state index contributed by atoms with van der Waals surface area (Å²) < 4.78 is 45.7. The van der Waals surface area contributed by atoms with Gasteiger partial charge in [0.25, 0.3) is 0 Å². The van der Waals surface area contributed by atoms with Gasteiger partial charge in [0.15, 0.2) is 0 Å². The van der Waals surface area contributed by atoms with Gasteiger partial charge in [-0.1, -0.05) is 30.3 Å². The van der Waals surface area contributed by atoms with E-state index >= 15 is 0 Å².